The molecular formula is C18H30O4. The lowest BCUT2D eigenvalue weighted by molar-refractivity contribution is -0.252. The molecule has 1 aromatic carbocycles. The molecule has 0 fully saturated rings. The van der Waals surface area contributed by atoms with Crippen LogP contribution in [0.2, 0.25) is 0 Å². The number of phenols is 2. The van der Waals surface area contributed by atoms with Gasteiger partial charge in [-0.2, -0.15) is 0 Å². The topological polar surface area (TPSA) is 58.9 Å². The molecule has 4 heteroatoms. The zero-order valence-electron chi connectivity index (χ0n) is 14.1. The van der Waals surface area contributed by atoms with Gasteiger partial charge in [-0.3, -0.25) is 0 Å². The number of aromatic hydroxyl groups is 2. The van der Waals surface area contributed by atoms with Crippen molar-refractivity contribution in [2.45, 2.75) is 65.1 Å². The molecule has 0 radical (unpaired) electrons. The second kappa shape index (κ2) is 9.70. The summed E-state index contributed by atoms with van der Waals surface area (Å²) in [5.41, 5.74) is 0.519. The Bertz CT molecular complexity index is 423. The largest absolute Gasteiger partial charge is 0.504 e. The van der Waals surface area contributed by atoms with Gasteiger partial charge in [0.25, 0.3) is 0 Å². The lowest BCUT2D eigenvalue weighted by Gasteiger charge is -2.35. The molecule has 126 valence electrons. The van der Waals surface area contributed by atoms with E-state index in [1.807, 2.05) is 13.8 Å². The van der Waals surface area contributed by atoms with Crippen molar-refractivity contribution in [3.63, 3.8) is 0 Å². The maximum Gasteiger partial charge on any atom is 0.198 e. The molecule has 22 heavy (non-hydrogen) atoms. The van der Waals surface area contributed by atoms with Crippen LogP contribution in [0.1, 0.15) is 64.9 Å². The van der Waals surface area contributed by atoms with E-state index in [0.717, 1.165) is 32.1 Å². The molecule has 0 aliphatic heterocycles. The van der Waals surface area contributed by atoms with Crippen LogP contribution >= 0.6 is 0 Å². The zero-order valence-corrected chi connectivity index (χ0v) is 14.1. The summed E-state index contributed by atoms with van der Waals surface area (Å²) in [6.45, 7) is 7.32. The molecule has 0 aliphatic carbocycles. The van der Waals surface area contributed by atoms with E-state index in [4.69, 9.17) is 9.47 Å². The Morgan fingerprint density at radius 3 is 2.09 bits per heavy atom. The Balaban J connectivity index is 3.15. The van der Waals surface area contributed by atoms with E-state index in [2.05, 4.69) is 6.92 Å². The Labute approximate surface area is 134 Å². The minimum Gasteiger partial charge on any atom is -0.504 e. The number of benzene rings is 1. The minimum atomic E-state index is -0.982. The van der Waals surface area contributed by atoms with E-state index in [1.165, 1.54) is 6.07 Å². The van der Waals surface area contributed by atoms with Gasteiger partial charge < -0.3 is 19.7 Å². The van der Waals surface area contributed by atoms with Crippen molar-refractivity contribution in [2.24, 2.45) is 0 Å². The molecule has 0 atom stereocenters. The van der Waals surface area contributed by atoms with Crippen molar-refractivity contribution in [1.29, 1.82) is 0 Å². The molecule has 0 saturated heterocycles. The third-order valence-corrected chi connectivity index (χ3v) is 3.61. The van der Waals surface area contributed by atoms with E-state index in [0.29, 0.717) is 25.2 Å². The van der Waals surface area contributed by atoms with Gasteiger partial charge in [-0.25, -0.2) is 0 Å². The van der Waals surface area contributed by atoms with Gasteiger partial charge in [0.1, 0.15) is 0 Å². The van der Waals surface area contributed by atoms with Gasteiger partial charge in [0.05, 0.1) is 18.8 Å². The van der Waals surface area contributed by atoms with Crippen LogP contribution in [0.3, 0.4) is 0 Å². The number of ether oxygens (including phenoxy) is 2. The van der Waals surface area contributed by atoms with Crippen molar-refractivity contribution in [1.82, 2.24) is 0 Å². The molecule has 1 rings (SSSR count). The van der Waals surface area contributed by atoms with Gasteiger partial charge >= 0.3 is 0 Å². The summed E-state index contributed by atoms with van der Waals surface area (Å²) < 4.78 is 12.1. The molecule has 0 bridgehead atoms. The Kier molecular flexibility index (Phi) is 8.28. The predicted molar refractivity (Wildman–Crippen MR) is 88.1 cm³/mol. The van der Waals surface area contributed by atoms with Gasteiger partial charge in [-0.15, -0.1) is 0 Å². The second-order valence-electron chi connectivity index (χ2n) is 5.58. The molecule has 2 N–H and O–H groups in total. The molecule has 1 aromatic rings. The molecule has 0 saturated carbocycles. The van der Waals surface area contributed by atoms with Crippen LogP contribution in [-0.2, 0) is 15.3 Å². The van der Waals surface area contributed by atoms with Crippen molar-refractivity contribution in [3.05, 3.63) is 23.8 Å². The normalized spacial score (nSPS) is 11.8. The van der Waals surface area contributed by atoms with Crippen molar-refractivity contribution in [3.8, 4) is 11.5 Å². The number of rotatable bonds is 11. The first kappa shape index (κ1) is 18.8. The first-order chi connectivity index (χ1) is 10.6. The first-order valence-electron chi connectivity index (χ1n) is 8.40. The van der Waals surface area contributed by atoms with Crippen molar-refractivity contribution in [2.75, 3.05) is 13.2 Å². The van der Waals surface area contributed by atoms with Crippen molar-refractivity contribution < 1.29 is 19.7 Å². The number of phenolic OH excluding ortho intramolecular Hbond substituents is 2. The fraction of sp³-hybridized carbons (Fsp3) is 0.667. The zero-order chi connectivity index (χ0) is 16.4. The number of hydrogen-bond acceptors (Lipinski definition) is 4. The SMILES string of the molecule is CCCCCC(OCCC)(OCCC)c1cccc(O)c1O. The summed E-state index contributed by atoms with van der Waals surface area (Å²) in [6, 6.07) is 4.95. The molecule has 0 aliphatic rings. The van der Waals surface area contributed by atoms with E-state index in [-0.39, 0.29) is 11.5 Å². The van der Waals surface area contributed by atoms with E-state index in [9.17, 15) is 10.2 Å². The number of para-hydroxylation sites is 1. The molecule has 0 amide bonds. The highest BCUT2D eigenvalue weighted by atomic mass is 16.7. The molecule has 0 spiro atoms. The number of hydrogen-bond donors (Lipinski definition) is 2. The first-order valence-corrected chi connectivity index (χ1v) is 8.40. The maximum atomic E-state index is 10.3. The highest BCUT2D eigenvalue weighted by Gasteiger charge is 2.37. The van der Waals surface area contributed by atoms with Gasteiger partial charge in [0.2, 0.25) is 0 Å². The smallest absolute Gasteiger partial charge is 0.198 e. The Morgan fingerprint density at radius 2 is 1.55 bits per heavy atom. The third kappa shape index (κ3) is 4.89. The third-order valence-electron chi connectivity index (χ3n) is 3.61. The summed E-state index contributed by atoms with van der Waals surface area (Å²) in [5, 5.41) is 20.1. The van der Waals surface area contributed by atoms with Gasteiger partial charge in [-0.1, -0.05) is 39.7 Å². The van der Waals surface area contributed by atoms with Crippen LogP contribution in [0.25, 0.3) is 0 Å². The highest BCUT2D eigenvalue weighted by Crippen LogP contribution is 2.42. The molecule has 0 unspecified atom stereocenters. The predicted octanol–water partition coefficient (Wildman–Crippen LogP) is 4.68. The van der Waals surface area contributed by atoms with E-state index in [1.54, 1.807) is 12.1 Å². The van der Waals surface area contributed by atoms with Crippen LogP contribution in [0, 0.1) is 0 Å². The monoisotopic (exact) mass is 310 g/mol. The lowest BCUT2D eigenvalue weighted by atomic mass is 9.97. The van der Waals surface area contributed by atoms with E-state index >= 15 is 0 Å². The van der Waals surface area contributed by atoms with E-state index < -0.39 is 5.79 Å². The minimum absolute atomic E-state index is 0.141. The fourth-order valence-electron chi connectivity index (χ4n) is 2.46. The Morgan fingerprint density at radius 1 is 0.909 bits per heavy atom. The quantitative estimate of drug-likeness (QED) is 0.354. The maximum absolute atomic E-state index is 10.3. The van der Waals surface area contributed by atoms with Crippen molar-refractivity contribution >= 4 is 0 Å². The molecule has 0 heterocycles. The van der Waals surface area contributed by atoms with Crippen LogP contribution < -0.4 is 0 Å². The second-order valence-corrected chi connectivity index (χ2v) is 5.58. The summed E-state index contributed by atoms with van der Waals surface area (Å²) in [5.74, 6) is -1.27. The molecule has 0 aromatic heterocycles. The summed E-state index contributed by atoms with van der Waals surface area (Å²) in [6.07, 6.45) is 5.52. The molecular weight excluding hydrogens is 280 g/mol. The average molecular weight is 310 g/mol. The molecule has 4 nitrogen and oxygen atoms in total. The Hall–Kier alpha value is -1.26. The average Bonchev–Trinajstić information content (AvgIpc) is 2.53. The van der Waals surface area contributed by atoms with Crippen LogP contribution in [-0.4, -0.2) is 23.4 Å². The van der Waals surface area contributed by atoms with Crippen LogP contribution in [0.5, 0.6) is 11.5 Å². The fourth-order valence-corrected chi connectivity index (χ4v) is 2.46. The van der Waals surface area contributed by atoms with Gasteiger partial charge in [-0.05, 0) is 31.4 Å². The standard InChI is InChI=1S/C18H30O4/c1-4-7-8-12-18(21-13-5-2,22-14-6-3)15-10-9-11-16(19)17(15)20/h9-11,19-20H,4-8,12-14H2,1-3H3. The summed E-state index contributed by atoms with van der Waals surface area (Å²) in [4.78, 5) is 0. The van der Waals surface area contributed by atoms with Gasteiger partial charge in [0.15, 0.2) is 17.3 Å². The van der Waals surface area contributed by atoms with Gasteiger partial charge in [0, 0.05) is 6.42 Å². The lowest BCUT2D eigenvalue weighted by Crippen LogP contribution is -2.34. The summed E-state index contributed by atoms with van der Waals surface area (Å²) >= 11 is 0. The van der Waals surface area contributed by atoms with Crippen LogP contribution in [0.4, 0.5) is 0 Å². The number of unbranched alkanes of at least 4 members (excludes halogenated alkanes) is 2. The summed E-state index contributed by atoms with van der Waals surface area (Å²) in [7, 11) is 0. The highest BCUT2D eigenvalue weighted by molar-refractivity contribution is 5.46. The van der Waals surface area contributed by atoms with Crippen LogP contribution in [0.15, 0.2) is 18.2 Å².